The monoisotopic (exact) mass is 968 g/mol. The van der Waals surface area contributed by atoms with Gasteiger partial charge >= 0.3 is 12.1 Å². The van der Waals surface area contributed by atoms with E-state index in [0.717, 1.165) is 132 Å². The van der Waals surface area contributed by atoms with Gasteiger partial charge in [0.05, 0.1) is 13.2 Å². The molecular weight excluding hydrogens is 855 g/mol. The standard InChI is InChI=1S/C62H113NO6/c1-8-10-12-14-16-22-33-52(32-21-13-11-9-2)49-68-59(65)34-23-17-15-18-24-43-63(45-26-27-46-64)44-25-19-20-28-47-67-60(66)69-54-39-41-61(6)53(48-54)35-36-55-57-38-37-56(51(5)31-29-30-50(3)4)62(57,7)42-40-58(55)61/h35,50-52,54-58,64H,8-34,36-49H2,1-7H3/t51-,52?,54+,55+,56-,57+,58+,61+,62-/m1/s1. The molecule has 3 saturated carbocycles. The molecule has 0 amide bonds. The molecular formula is C62H113NO6. The van der Waals surface area contributed by atoms with E-state index in [1.165, 1.54) is 141 Å². The van der Waals surface area contributed by atoms with Crippen LogP contribution in [0.4, 0.5) is 4.79 Å². The number of carbonyl (C=O) groups is 2. The van der Waals surface area contributed by atoms with Crippen molar-refractivity contribution in [1.29, 1.82) is 0 Å². The maximum absolute atomic E-state index is 12.9. The summed E-state index contributed by atoms with van der Waals surface area (Å²) in [6.45, 7) is 21.6. The zero-order chi connectivity index (χ0) is 49.7. The Bertz CT molecular complexity index is 1400. The van der Waals surface area contributed by atoms with Gasteiger partial charge in [0.15, 0.2) is 0 Å². The van der Waals surface area contributed by atoms with Crippen molar-refractivity contribution in [1.82, 2.24) is 4.90 Å². The van der Waals surface area contributed by atoms with Crippen molar-refractivity contribution >= 4 is 12.1 Å². The first-order chi connectivity index (χ1) is 33.4. The van der Waals surface area contributed by atoms with Crippen molar-refractivity contribution < 1.29 is 28.9 Å². The second kappa shape index (κ2) is 34.0. The molecule has 4 aliphatic rings. The van der Waals surface area contributed by atoms with Gasteiger partial charge < -0.3 is 24.2 Å². The summed E-state index contributed by atoms with van der Waals surface area (Å²) >= 11 is 0. The zero-order valence-electron chi connectivity index (χ0n) is 46.6. The third-order valence-corrected chi connectivity index (χ3v) is 18.8. The van der Waals surface area contributed by atoms with Gasteiger partial charge in [0.2, 0.25) is 0 Å². The van der Waals surface area contributed by atoms with Crippen LogP contribution in [0.5, 0.6) is 0 Å². The SMILES string of the molecule is CCCCCCCCC(CCCCCC)COC(=O)CCCCCCCN(CCCCO)CCCCCCOC(=O)O[C@H]1CC[C@@]2(C)C(=CC[C@H]3[C@@H]4CC[C@H]([C@H](C)CCCC(C)C)[C@@]4(C)CC[C@@H]32)C1. The molecule has 1 unspecified atom stereocenters. The van der Waals surface area contributed by atoms with Crippen molar-refractivity contribution in [3.8, 4) is 0 Å². The van der Waals surface area contributed by atoms with E-state index in [-0.39, 0.29) is 24.1 Å². The highest BCUT2D eigenvalue weighted by molar-refractivity contribution is 5.69. The predicted octanol–water partition coefficient (Wildman–Crippen LogP) is 17.4. The van der Waals surface area contributed by atoms with Crippen molar-refractivity contribution in [3.63, 3.8) is 0 Å². The van der Waals surface area contributed by atoms with Crippen LogP contribution in [0, 0.1) is 52.3 Å². The summed E-state index contributed by atoms with van der Waals surface area (Å²) in [5.41, 5.74) is 2.33. The summed E-state index contributed by atoms with van der Waals surface area (Å²) in [5.74, 6) is 5.55. The van der Waals surface area contributed by atoms with E-state index >= 15 is 0 Å². The molecule has 0 heterocycles. The van der Waals surface area contributed by atoms with Gasteiger partial charge in [-0.15, -0.1) is 0 Å². The Morgan fingerprint density at radius 2 is 1.29 bits per heavy atom. The average molecular weight is 969 g/mol. The van der Waals surface area contributed by atoms with Gasteiger partial charge in [-0.1, -0.05) is 176 Å². The average Bonchev–Trinajstić information content (AvgIpc) is 3.69. The summed E-state index contributed by atoms with van der Waals surface area (Å²) in [6, 6.07) is 0. The van der Waals surface area contributed by atoms with Crippen molar-refractivity contribution in [3.05, 3.63) is 11.6 Å². The molecule has 402 valence electrons. The van der Waals surface area contributed by atoms with Crippen molar-refractivity contribution in [2.24, 2.45) is 52.3 Å². The molecule has 0 saturated heterocycles. The van der Waals surface area contributed by atoms with Gasteiger partial charge in [-0.25, -0.2) is 4.79 Å². The molecule has 4 rings (SSSR count). The topological polar surface area (TPSA) is 85.3 Å². The van der Waals surface area contributed by atoms with E-state index in [2.05, 4.69) is 59.4 Å². The number of nitrogens with zero attached hydrogens (tertiary/aromatic N) is 1. The molecule has 69 heavy (non-hydrogen) atoms. The van der Waals surface area contributed by atoms with Gasteiger partial charge in [0, 0.05) is 19.4 Å². The fraction of sp³-hybridized carbons (Fsp3) is 0.935. The fourth-order valence-corrected chi connectivity index (χ4v) is 14.5. The van der Waals surface area contributed by atoms with E-state index in [1.54, 1.807) is 5.57 Å². The van der Waals surface area contributed by atoms with Crippen LogP contribution in [-0.4, -0.2) is 67.7 Å². The first-order valence-corrected chi connectivity index (χ1v) is 30.5. The Kier molecular flexibility index (Phi) is 29.5. The summed E-state index contributed by atoms with van der Waals surface area (Å²) in [7, 11) is 0. The number of allylic oxidation sites excluding steroid dienone is 1. The predicted molar refractivity (Wildman–Crippen MR) is 289 cm³/mol. The van der Waals surface area contributed by atoms with Crippen LogP contribution in [0.3, 0.4) is 0 Å². The molecule has 7 nitrogen and oxygen atoms in total. The second-order valence-electron chi connectivity index (χ2n) is 24.5. The number of aliphatic hydroxyl groups excluding tert-OH is 1. The van der Waals surface area contributed by atoms with Crippen molar-refractivity contribution in [2.75, 3.05) is 39.5 Å². The van der Waals surface area contributed by atoms with Crippen LogP contribution >= 0.6 is 0 Å². The Labute approximate surface area is 427 Å². The lowest BCUT2D eigenvalue weighted by Gasteiger charge is -2.58. The lowest BCUT2D eigenvalue weighted by molar-refractivity contribution is -0.145. The van der Waals surface area contributed by atoms with E-state index in [9.17, 15) is 14.7 Å². The molecule has 7 heteroatoms. The van der Waals surface area contributed by atoms with Crippen LogP contribution in [0.1, 0.15) is 273 Å². The number of ether oxygens (including phenoxy) is 3. The highest BCUT2D eigenvalue weighted by atomic mass is 16.7. The van der Waals surface area contributed by atoms with Gasteiger partial charge in [-0.2, -0.15) is 0 Å². The third-order valence-electron chi connectivity index (χ3n) is 18.8. The molecule has 4 aliphatic carbocycles. The molecule has 0 bridgehead atoms. The highest BCUT2D eigenvalue weighted by Gasteiger charge is 2.59. The van der Waals surface area contributed by atoms with Gasteiger partial charge in [-0.05, 0) is 168 Å². The summed E-state index contributed by atoms with van der Waals surface area (Å²) in [5, 5.41) is 9.40. The van der Waals surface area contributed by atoms with Gasteiger partial charge in [0.1, 0.15) is 6.10 Å². The van der Waals surface area contributed by atoms with E-state index in [4.69, 9.17) is 14.2 Å². The van der Waals surface area contributed by atoms with Crippen LogP contribution in [0.25, 0.3) is 0 Å². The number of unbranched alkanes of at least 4 members (excludes halogenated alkanes) is 16. The lowest BCUT2D eigenvalue weighted by Crippen LogP contribution is -2.51. The minimum atomic E-state index is -0.475. The van der Waals surface area contributed by atoms with Crippen molar-refractivity contribution in [2.45, 2.75) is 279 Å². The Balaban J connectivity index is 1.04. The minimum absolute atomic E-state index is 0.000512. The van der Waals surface area contributed by atoms with Gasteiger partial charge in [0.25, 0.3) is 0 Å². The van der Waals surface area contributed by atoms with Crippen LogP contribution in [0.2, 0.25) is 0 Å². The first kappa shape index (κ1) is 60.0. The lowest BCUT2D eigenvalue weighted by atomic mass is 9.47. The van der Waals surface area contributed by atoms with E-state index in [0.29, 0.717) is 31.0 Å². The van der Waals surface area contributed by atoms with Gasteiger partial charge in [-0.3, -0.25) is 4.79 Å². The van der Waals surface area contributed by atoms with E-state index in [1.807, 2.05) is 0 Å². The quantitative estimate of drug-likeness (QED) is 0.0373. The molecule has 0 aromatic rings. The Morgan fingerprint density at radius 3 is 1.97 bits per heavy atom. The summed E-state index contributed by atoms with van der Waals surface area (Å²) in [4.78, 5) is 28.1. The van der Waals surface area contributed by atoms with Crippen LogP contribution in [0.15, 0.2) is 11.6 Å². The molecule has 0 spiro atoms. The normalized spacial score (nSPS) is 26.3. The Morgan fingerprint density at radius 1 is 0.667 bits per heavy atom. The maximum Gasteiger partial charge on any atom is 0.508 e. The van der Waals surface area contributed by atoms with E-state index < -0.39 is 6.16 Å². The largest absolute Gasteiger partial charge is 0.508 e. The third kappa shape index (κ3) is 21.0. The molecule has 0 aliphatic heterocycles. The zero-order valence-corrected chi connectivity index (χ0v) is 46.6. The molecule has 0 aromatic carbocycles. The summed E-state index contributed by atoms with van der Waals surface area (Å²) < 4.78 is 17.5. The number of fused-ring (bicyclic) bond motifs is 5. The summed E-state index contributed by atoms with van der Waals surface area (Å²) in [6.07, 6.45) is 43.7. The molecule has 3 fully saturated rings. The first-order valence-electron chi connectivity index (χ1n) is 30.5. The number of esters is 1. The number of carbonyl (C=O) groups excluding carboxylic acids is 2. The minimum Gasteiger partial charge on any atom is -0.465 e. The Hall–Kier alpha value is -1.60. The molecule has 1 N–H and O–H groups in total. The van der Waals surface area contributed by atoms with Crippen LogP contribution < -0.4 is 0 Å². The molecule has 9 atom stereocenters. The number of aliphatic hydroxyl groups is 1. The number of hydrogen-bond acceptors (Lipinski definition) is 7. The second-order valence-corrected chi connectivity index (χ2v) is 24.5. The fourth-order valence-electron chi connectivity index (χ4n) is 14.5. The smallest absolute Gasteiger partial charge is 0.465 e. The highest BCUT2D eigenvalue weighted by Crippen LogP contribution is 2.67. The number of rotatable bonds is 39. The maximum atomic E-state index is 12.9. The molecule has 0 aromatic heterocycles. The van der Waals surface area contributed by atoms with Crippen LogP contribution in [-0.2, 0) is 19.0 Å². The number of hydrogen-bond donors (Lipinski definition) is 1. The molecule has 0 radical (unpaired) electrons.